The molecule has 1 fully saturated rings. The molecule has 0 saturated carbocycles. The Morgan fingerprint density at radius 1 is 1.35 bits per heavy atom. The number of hydrogen-bond acceptors (Lipinski definition) is 3. The first-order valence-corrected chi connectivity index (χ1v) is 6.90. The molecule has 0 spiro atoms. The number of likely N-dealkylation sites (tertiary alicyclic amines) is 1. The van der Waals surface area contributed by atoms with Crippen LogP contribution in [-0.2, 0) is 4.79 Å². The van der Waals surface area contributed by atoms with Gasteiger partial charge in [0.15, 0.2) is 0 Å². The first kappa shape index (κ1) is 14.5. The van der Waals surface area contributed by atoms with Crippen molar-refractivity contribution in [2.75, 3.05) is 6.54 Å². The Morgan fingerprint density at radius 2 is 2.05 bits per heavy atom. The van der Waals surface area contributed by atoms with Gasteiger partial charge in [0.25, 0.3) is 5.91 Å². The number of hydrogen-bond donors (Lipinski definition) is 1. The third kappa shape index (κ3) is 2.66. The second-order valence-corrected chi connectivity index (χ2v) is 5.41. The summed E-state index contributed by atoms with van der Waals surface area (Å²) in [7, 11) is 0. The Kier molecular flexibility index (Phi) is 4.06. The highest BCUT2D eigenvalue weighted by Gasteiger charge is 2.36. The molecule has 1 aromatic rings. The number of aromatic nitrogens is 1. The SMILES string of the molecule is Cc1ccc(C(=O)N2CCC[C@@H](C(=O)O)[C@H]2C)c(C)n1. The van der Waals surface area contributed by atoms with Gasteiger partial charge in [-0.3, -0.25) is 14.6 Å². The molecule has 20 heavy (non-hydrogen) atoms. The molecule has 2 atom stereocenters. The van der Waals surface area contributed by atoms with Crippen molar-refractivity contribution in [2.45, 2.75) is 39.7 Å². The second kappa shape index (κ2) is 5.61. The lowest BCUT2D eigenvalue weighted by molar-refractivity contribution is -0.144. The van der Waals surface area contributed by atoms with Crippen LogP contribution in [0.25, 0.3) is 0 Å². The van der Waals surface area contributed by atoms with Gasteiger partial charge in [-0.25, -0.2) is 0 Å². The Morgan fingerprint density at radius 3 is 2.65 bits per heavy atom. The number of pyridine rings is 1. The lowest BCUT2D eigenvalue weighted by atomic mass is 9.89. The van der Waals surface area contributed by atoms with Crippen LogP contribution in [-0.4, -0.2) is 39.5 Å². The van der Waals surface area contributed by atoms with Gasteiger partial charge in [-0.1, -0.05) is 0 Å². The molecule has 108 valence electrons. The van der Waals surface area contributed by atoms with Gasteiger partial charge in [-0.15, -0.1) is 0 Å². The van der Waals surface area contributed by atoms with Crippen molar-refractivity contribution >= 4 is 11.9 Å². The molecule has 1 aromatic heterocycles. The molecule has 1 amide bonds. The smallest absolute Gasteiger partial charge is 0.308 e. The van der Waals surface area contributed by atoms with E-state index in [0.29, 0.717) is 24.2 Å². The largest absolute Gasteiger partial charge is 0.481 e. The quantitative estimate of drug-likeness (QED) is 0.897. The molecule has 1 saturated heterocycles. The van der Waals surface area contributed by atoms with Crippen LogP contribution in [0.3, 0.4) is 0 Å². The van der Waals surface area contributed by atoms with Crippen LogP contribution in [0.1, 0.15) is 41.5 Å². The summed E-state index contributed by atoms with van der Waals surface area (Å²) in [5.41, 5.74) is 2.13. The van der Waals surface area contributed by atoms with Gasteiger partial charge in [0.2, 0.25) is 0 Å². The third-order valence-corrected chi connectivity index (χ3v) is 4.02. The normalized spacial score (nSPS) is 22.6. The van der Waals surface area contributed by atoms with Crippen molar-refractivity contribution < 1.29 is 14.7 Å². The van der Waals surface area contributed by atoms with Crippen molar-refractivity contribution in [3.8, 4) is 0 Å². The monoisotopic (exact) mass is 276 g/mol. The van der Waals surface area contributed by atoms with E-state index in [1.807, 2.05) is 26.8 Å². The second-order valence-electron chi connectivity index (χ2n) is 5.41. The van der Waals surface area contributed by atoms with Gasteiger partial charge >= 0.3 is 5.97 Å². The van der Waals surface area contributed by atoms with Gasteiger partial charge in [0.05, 0.1) is 17.2 Å². The minimum absolute atomic E-state index is 0.117. The molecular weight excluding hydrogens is 256 g/mol. The fourth-order valence-corrected chi connectivity index (χ4v) is 2.83. The maximum atomic E-state index is 12.6. The first-order chi connectivity index (χ1) is 9.41. The van der Waals surface area contributed by atoms with Gasteiger partial charge in [0, 0.05) is 18.3 Å². The summed E-state index contributed by atoms with van der Waals surface area (Å²) < 4.78 is 0. The fourth-order valence-electron chi connectivity index (χ4n) is 2.83. The Hall–Kier alpha value is -1.91. The molecule has 0 unspecified atom stereocenters. The fraction of sp³-hybridized carbons (Fsp3) is 0.533. The van der Waals surface area contributed by atoms with E-state index in [9.17, 15) is 14.7 Å². The van der Waals surface area contributed by atoms with E-state index in [1.165, 1.54) is 0 Å². The summed E-state index contributed by atoms with van der Waals surface area (Å²) in [4.78, 5) is 29.8. The molecule has 1 aliphatic rings. The van der Waals surface area contributed by atoms with Crippen LogP contribution >= 0.6 is 0 Å². The van der Waals surface area contributed by atoms with Gasteiger partial charge in [-0.2, -0.15) is 0 Å². The zero-order chi connectivity index (χ0) is 14.9. The predicted octanol–water partition coefficient (Wildman–Crippen LogP) is 2.02. The summed E-state index contributed by atoms with van der Waals surface area (Å²) in [5.74, 6) is -1.42. The number of carboxylic acid groups (broad SMARTS) is 1. The lowest BCUT2D eigenvalue weighted by Crippen LogP contribution is -2.49. The van der Waals surface area contributed by atoms with Crippen LogP contribution in [0.2, 0.25) is 0 Å². The molecular formula is C15H20N2O3. The molecule has 2 rings (SSSR count). The van der Waals surface area contributed by atoms with Gasteiger partial charge in [-0.05, 0) is 45.7 Å². The molecule has 0 radical (unpaired) electrons. The minimum atomic E-state index is -0.825. The number of carbonyl (C=O) groups is 2. The zero-order valence-corrected chi connectivity index (χ0v) is 12.1. The van der Waals surface area contributed by atoms with E-state index in [-0.39, 0.29) is 11.9 Å². The molecule has 5 heteroatoms. The number of carboxylic acids is 1. The summed E-state index contributed by atoms with van der Waals surface area (Å²) in [6.45, 7) is 6.11. The van der Waals surface area contributed by atoms with E-state index >= 15 is 0 Å². The average molecular weight is 276 g/mol. The van der Waals surface area contributed by atoms with Crippen molar-refractivity contribution in [3.05, 3.63) is 29.1 Å². The summed E-state index contributed by atoms with van der Waals surface area (Å²) in [5, 5.41) is 9.22. The first-order valence-electron chi connectivity index (χ1n) is 6.90. The summed E-state index contributed by atoms with van der Waals surface area (Å²) >= 11 is 0. The van der Waals surface area contributed by atoms with Crippen LogP contribution < -0.4 is 0 Å². The van der Waals surface area contributed by atoms with Gasteiger partial charge < -0.3 is 10.0 Å². The summed E-state index contributed by atoms with van der Waals surface area (Å²) in [6.07, 6.45) is 1.36. The Labute approximate surface area is 118 Å². The number of rotatable bonds is 2. The molecule has 1 aliphatic heterocycles. The van der Waals surface area contributed by atoms with Crippen molar-refractivity contribution in [2.24, 2.45) is 5.92 Å². The highest BCUT2D eigenvalue weighted by atomic mass is 16.4. The standard InChI is InChI=1S/C15H20N2O3/c1-9-6-7-12(10(2)16-9)14(18)17-8-4-5-13(11(17)3)15(19)20/h6-7,11,13H,4-5,8H2,1-3H3,(H,19,20)/t11-,13-/m1/s1. The number of amides is 1. The van der Waals surface area contributed by atoms with E-state index in [4.69, 9.17) is 0 Å². The molecule has 0 bridgehead atoms. The van der Waals surface area contributed by atoms with Crippen molar-refractivity contribution in [1.29, 1.82) is 0 Å². The number of carbonyl (C=O) groups excluding carboxylic acids is 1. The third-order valence-electron chi connectivity index (χ3n) is 4.02. The van der Waals surface area contributed by atoms with E-state index in [0.717, 1.165) is 12.1 Å². The molecule has 2 heterocycles. The highest BCUT2D eigenvalue weighted by molar-refractivity contribution is 5.95. The van der Waals surface area contributed by atoms with Gasteiger partial charge in [0.1, 0.15) is 0 Å². The maximum Gasteiger partial charge on any atom is 0.308 e. The predicted molar refractivity (Wildman–Crippen MR) is 74.6 cm³/mol. The van der Waals surface area contributed by atoms with Crippen LogP contribution in [0.4, 0.5) is 0 Å². The van der Waals surface area contributed by atoms with Crippen molar-refractivity contribution in [1.82, 2.24) is 9.88 Å². The molecule has 5 nitrogen and oxygen atoms in total. The lowest BCUT2D eigenvalue weighted by Gasteiger charge is -2.37. The summed E-state index contributed by atoms with van der Waals surface area (Å²) in [6, 6.07) is 3.30. The maximum absolute atomic E-state index is 12.6. The number of nitrogens with zero attached hydrogens (tertiary/aromatic N) is 2. The molecule has 1 N–H and O–H groups in total. The zero-order valence-electron chi connectivity index (χ0n) is 12.1. The van der Waals surface area contributed by atoms with Crippen LogP contribution in [0, 0.1) is 19.8 Å². The Balaban J connectivity index is 2.26. The number of aliphatic carboxylic acids is 1. The minimum Gasteiger partial charge on any atom is -0.481 e. The van der Waals surface area contributed by atoms with Crippen LogP contribution in [0.15, 0.2) is 12.1 Å². The number of piperidine rings is 1. The number of aryl methyl sites for hydroxylation is 2. The van der Waals surface area contributed by atoms with Crippen molar-refractivity contribution in [3.63, 3.8) is 0 Å². The Bertz CT molecular complexity index is 542. The van der Waals surface area contributed by atoms with E-state index < -0.39 is 11.9 Å². The van der Waals surface area contributed by atoms with E-state index in [2.05, 4.69) is 4.98 Å². The molecule has 0 aliphatic carbocycles. The van der Waals surface area contributed by atoms with Crippen LogP contribution in [0.5, 0.6) is 0 Å². The van der Waals surface area contributed by atoms with E-state index in [1.54, 1.807) is 11.0 Å². The topological polar surface area (TPSA) is 70.5 Å². The molecule has 0 aromatic carbocycles. The highest BCUT2D eigenvalue weighted by Crippen LogP contribution is 2.25. The average Bonchev–Trinajstić information content (AvgIpc) is 2.38.